The molecule has 0 fully saturated rings. The van der Waals surface area contributed by atoms with Crippen LogP contribution in [0.5, 0.6) is 0 Å². The number of hydrogen-bond acceptors (Lipinski definition) is 5. The van der Waals surface area contributed by atoms with Crippen molar-refractivity contribution in [2.45, 2.75) is 19.5 Å². The second kappa shape index (κ2) is 7.31. The maximum absolute atomic E-state index is 12.7. The molecule has 4 rings (SSSR count). The molecular formula is C20H18ClN3O2S. The van der Waals surface area contributed by atoms with Gasteiger partial charge in [-0.25, -0.2) is 4.98 Å². The Morgan fingerprint density at radius 3 is 2.85 bits per heavy atom. The third-order valence-electron chi connectivity index (χ3n) is 4.68. The highest BCUT2D eigenvalue weighted by Gasteiger charge is 2.19. The van der Waals surface area contributed by atoms with Crippen molar-refractivity contribution in [1.29, 1.82) is 0 Å². The molecule has 0 saturated carbocycles. The molecule has 3 aromatic heterocycles. The maximum atomic E-state index is 12.7. The van der Waals surface area contributed by atoms with Gasteiger partial charge in [0.25, 0.3) is 5.56 Å². The fourth-order valence-corrected chi connectivity index (χ4v) is 4.15. The Balaban J connectivity index is 1.66. The topological polar surface area (TPSA) is 62.1 Å². The second-order valence-electron chi connectivity index (χ2n) is 6.44. The Hall–Kier alpha value is -2.41. The molecule has 0 aliphatic carbocycles. The summed E-state index contributed by atoms with van der Waals surface area (Å²) in [6.45, 7) is 2.67. The van der Waals surface area contributed by atoms with Crippen molar-refractivity contribution in [2.24, 2.45) is 0 Å². The van der Waals surface area contributed by atoms with E-state index in [2.05, 4.69) is 9.88 Å². The van der Waals surface area contributed by atoms with E-state index in [4.69, 9.17) is 21.0 Å². The predicted molar refractivity (Wildman–Crippen MR) is 109 cm³/mol. The van der Waals surface area contributed by atoms with Gasteiger partial charge >= 0.3 is 0 Å². The molecule has 0 radical (unpaired) electrons. The SMILES string of the molecule is C[C@@H](c1nc2scc(-c3ccco3)c2c(=O)[nH]1)N(C)Cc1ccccc1Cl. The van der Waals surface area contributed by atoms with Crippen LogP contribution in [0.15, 0.2) is 57.3 Å². The molecule has 1 N–H and O–H groups in total. The normalized spacial score (nSPS) is 12.7. The van der Waals surface area contributed by atoms with Gasteiger partial charge in [-0.15, -0.1) is 11.3 Å². The summed E-state index contributed by atoms with van der Waals surface area (Å²) in [5.74, 6) is 1.31. The number of H-pyrrole nitrogens is 1. The molecule has 7 heteroatoms. The van der Waals surface area contributed by atoms with Crippen molar-refractivity contribution >= 4 is 33.2 Å². The van der Waals surface area contributed by atoms with Crippen LogP contribution in [0.4, 0.5) is 0 Å². The van der Waals surface area contributed by atoms with E-state index in [1.54, 1.807) is 12.3 Å². The standard InChI is InChI=1S/C20H18ClN3O2S/c1-12(24(2)10-13-6-3-4-7-15(13)21)18-22-19(25)17-14(11-27-20(17)23-18)16-8-5-9-26-16/h3-9,11-12H,10H2,1-2H3,(H,22,23,25)/t12-/m0/s1. The average molecular weight is 400 g/mol. The van der Waals surface area contributed by atoms with Gasteiger partial charge in [-0.1, -0.05) is 29.8 Å². The molecule has 0 unspecified atom stereocenters. The van der Waals surface area contributed by atoms with Crippen LogP contribution in [0.1, 0.15) is 24.4 Å². The van der Waals surface area contributed by atoms with E-state index in [9.17, 15) is 4.79 Å². The Labute approximate surface area is 165 Å². The molecule has 1 atom stereocenters. The number of aromatic amines is 1. The molecule has 138 valence electrons. The lowest BCUT2D eigenvalue weighted by atomic mass is 10.1. The fourth-order valence-electron chi connectivity index (χ4n) is 3.02. The van der Waals surface area contributed by atoms with Crippen LogP contribution in [0, 0.1) is 0 Å². The summed E-state index contributed by atoms with van der Waals surface area (Å²) in [5, 5.41) is 3.21. The van der Waals surface area contributed by atoms with Gasteiger partial charge in [0.2, 0.25) is 0 Å². The zero-order valence-electron chi connectivity index (χ0n) is 14.9. The molecule has 27 heavy (non-hydrogen) atoms. The summed E-state index contributed by atoms with van der Waals surface area (Å²) in [6.07, 6.45) is 1.60. The largest absolute Gasteiger partial charge is 0.464 e. The Kier molecular flexibility index (Phi) is 4.86. The van der Waals surface area contributed by atoms with Crippen LogP contribution in [0.25, 0.3) is 21.5 Å². The first-order chi connectivity index (χ1) is 13.0. The van der Waals surface area contributed by atoms with Crippen molar-refractivity contribution < 1.29 is 4.42 Å². The van der Waals surface area contributed by atoms with E-state index in [1.165, 1.54) is 11.3 Å². The van der Waals surface area contributed by atoms with Crippen molar-refractivity contribution in [3.63, 3.8) is 0 Å². The van der Waals surface area contributed by atoms with Crippen LogP contribution < -0.4 is 5.56 Å². The molecule has 0 aliphatic heterocycles. The van der Waals surface area contributed by atoms with Crippen LogP contribution in [-0.4, -0.2) is 21.9 Å². The first-order valence-corrected chi connectivity index (χ1v) is 9.79. The molecule has 0 aliphatic rings. The quantitative estimate of drug-likeness (QED) is 0.507. The predicted octanol–water partition coefficient (Wildman–Crippen LogP) is 5.09. The number of rotatable bonds is 5. The van der Waals surface area contributed by atoms with E-state index in [0.29, 0.717) is 28.3 Å². The second-order valence-corrected chi connectivity index (χ2v) is 7.71. The summed E-state index contributed by atoms with van der Waals surface area (Å²) in [5.41, 5.74) is 1.66. The molecule has 0 saturated heterocycles. The van der Waals surface area contributed by atoms with Crippen molar-refractivity contribution in [2.75, 3.05) is 7.05 Å². The minimum Gasteiger partial charge on any atom is -0.464 e. The fraction of sp³-hybridized carbons (Fsp3) is 0.200. The molecule has 0 amide bonds. The number of hydrogen-bond donors (Lipinski definition) is 1. The summed E-state index contributed by atoms with van der Waals surface area (Å²) >= 11 is 7.71. The van der Waals surface area contributed by atoms with E-state index in [0.717, 1.165) is 16.1 Å². The lowest BCUT2D eigenvalue weighted by Gasteiger charge is -2.24. The Morgan fingerprint density at radius 2 is 2.11 bits per heavy atom. The van der Waals surface area contributed by atoms with Crippen LogP contribution in [0.3, 0.4) is 0 Å². The van der Waals surface area contributed by atoms with Crippen LogP contribution in [-0.2, 0) is 6.54 Å². The zero-order chi connectivity index (χ0) is 19.0. The highest BCUT2D eigenvalue weighted by atomic mass is 35.5. The number of benzene rings is 1. The van der Waals surface area contributed by atoms with E-state index >= 15 is 0 Å². The van der Waals surface area contributed by atoms with Crippen molar-refractivity contribution in [3.05, 3.63) is 74.8 Å². The summed E-state index contributed by atoms with van der Waals surface area (Å²) < 4.78 is 5.44. The Morgan fingerprint density at radius 1 is 1.30 bits per heavy atom. The van der Waals surface area contributed by atoms with Crippen LogP contribution >= 0.6 is 22.9 Å². The molecule has 5 nitrogen and oxygen atoms in total. The van der Waals surface area contributed by atoms with Gasteiger partial charge < -0.3 is 9.40 Å². The van der Waals surface area contributed by atoms with Crippen molar-refractivity contribution in [1.82, 2.24) is 14.9 Å². The smallest absolute Gasteiger partial charge is 0.260 e. The first kappa shape index (κ1) is 18.0. The monoisotopic (exact) mass is 399 g/mol. The van der Waals surface area contributed by atoms with E-state index in [1.807, 2.05) is 49.7 Å². The summed E-state index contributed by atoms with van der Waals surface area (Å²) in [7, 11) is 1.99. The highest BCUT2D eigenvalue weighted by molar-refractivity contribution is 7.17. The van der Waals surface area contributed by atoms with E-state index < -0.39 is 0 Å². The average Bonchev–Trinajstić information content (AvgIpc) is 3.32. The number of nitrogens with one attached hydrogen (secondary N) is 1. The summed E-state index contributed by atoms with van der Waals surface area (Å²) in [6, 6.07) is 11.3. The summed E-state index contributed by atoms with van der Waals surface area (Å²) in [4.78, 5) is 23.2. The van der Waals surface area contributed by atoms with Gasteiger partial charge in [0.05, 0.1) is 17.7 Å². The number of furan rings is 1. The zero-order valence-corrected chi connectivity index (χ0v) is 16.5. The molecule has 3 heterocycles. The highest BCUT2D eigenvalue weighted by Crippen LogP contribution is 2.31. The minimum absolute atomic E-state index is 0.0764. The molecule has 4 aromatic rings. The third kappa shape index (κ3) is 3.43. The number of nitrogens with zero attached hydrogens (tertiary/aromatic N) is 2. The lowest BCUT2D eigenvalue weighted by Crippen LogP contribution is -2.26. The van der Waals surface area contributed by atoms with Gasteiger partial charge in [0.1, 0.15) is 16.4 Å². The third-order valence-corrected chi connectivity index (χ3v) is 5.92. The molecule has 0 bridgehead atoms. The van der Waals surface area contributed by atoms with Crippen molar-refractivity contribution in [3.8, 4) is 11.3 Å². The van der Waals surface area contributed by atoms with Gasteiger partial charge in [-0.2, -0.15) is 0 Å². The molecular weight excluding hydrogens is 382 g/mol. The van der Waals surface area contributed by atoms with Gasteiger partial charge in [0, 0.05) is 22.5 Å². The van der Waals surface area contributed by atoms with E-state index in [-0.39, 0.29) is 11.6 Å². The van der Waals surface area contributed by atoms with Gasteiger partial charge in [-0.05, 0) is 37.7 Å². The number of halogens is 1. The molecule has 0 spiro atoms. The minimum atomic E-state index is -0.152. The van der Waals surface area contributed by atoms with Gasteiger partial charge in [-0.3, -0.25) is 9.69 Å². The molecule has 1 aromatic carbocycles. The number of thiophene rings is 1. The Bertz CT molecular complexity index is 1130. The lowest BCUT2D eigenvalue weighted by molar-refractivity contribution is 0.244. The van der Waals surface area contributed by atoms with Gasteiger partial charge in [0.15, 0.2) is 0 Å². The first-order valence-electron chi connectivity index (χ1n) is 8.53. The number of fused-ring (bicyclic) bond motifs is 1. The maximum Gasteiger partial charge on any atom is 0.260 e. The number of aromatic nitrogens is 2. The van der Waals surface area contributed by atoms with Crippen LogP contribution in [0.2, 0.25) is 5.02 Å².